The number of hydrogen-bond donors (Lipinski definition) is 1. The van der Waals surface area contributed by atoms with Gasteiger partial charge in [-0.2, -0.15) is 0 Å². The van der Waals surface area contributed by atoms with Gasteiger partial charge in [0, 0.05) is 0 Å². The van der Waals surface area contributed by atoms with Crippen molar-refractivity contribution in [2.75, 3.05) is 6.61 Å². The quantitative estimate of drug-likeness (QED) is 0.451. The van der Waals surface area contributed by atoms with E-state index in [1.54, 1.807) is 13.0 Å². The Morgan fingerprint density at radius 1 is 1.24 bits per heavy atom. The minimum absolute atomic E-state index is 0.0321. The first-order chi connectivity index (χ1) is 9.81. The topological polar surface area (TPSA) is 55.4 Å². The van der Waals surface area contributed by atoms with Crippen LogP contribution in [0.3, 0.4) is 0 Å². The lowest BCUT2D eigenvalue weighted by atomic mass is 9.88. The summed E-state index contributed by atoms with van der Waals surface area (Å²) in [6, 6.07) is -0.506. The fourth-order valence-corrected chi connectivity index (χ4v) is 2.58. The molecule has 0 aromatic rings. The third-order valence-corrected chi connectivity index (χ3v) is 3.93. The molecule has 0 aromatic carbocycles. The molecule has 1 amide bonds. The van der Waals surface area contributed by atoms with E-state index >= 15 is 0 Å². The number of alkyl halides is 3. The fraction of sp³-hybridized carbons (Fsp3) is 0.714. The molecule has 7 heteroatoms. The van der Waals surface area contributed by atoms with Crippen LogP contribution in [-0.2, 0) is 14.3 Å². The van der Waals surface area contributed by atoms with Crippen LogP contribution in [0.25, 0.3) is 0 Å². The summed E-state index contributed by atoms with van der Waals surface area (Å²) < 4.78 is 3.06. The summed E-state index contributed by atoms with van der Waals surface area (Å²) in [6.07, 6.45) is 6.59. The van der Waals surface area contributed by atoms with Crippen LogP contribution in [0.15, 0.2) is 12.2 Å². The number of rotatable bonds is 6. The molecule has 0 saturated carbocycles. The van der Waals surface area contributed by atoms with Crippen molar-refractivity contribution < 1.29 is 14.3 Å². The van der Waals surface area contributed by atoms with E-state index in [1.807, 2.05) is 6.08 Å². The van der Waals surface area contributed by atoms with Gasteiger partial charge in [-0.3, -0.25) is 9.59 Å². The molecule has 0 bridgehead atoms. The zero-order chi connectivity index (χ0) is 16.0. The van der Waals surface area contributed by atoms with Gasteiger partial charge in [-0.05, 0) is 19.3 Å². The summed E-state index contributed by atoms with van der Waals surface area (Å²) in [5.74, 6) is -1.51. The lowest BCUT2D eigenvalue weighted by Gasteiger charge is -2.25. The molecule has 21 heavy (non-hydrogen) atoms. The molecule has 1 aliphatic carbocycles. The maximum Gasteiger partial charge on any atom is 0.311 e. The summed E-state index contributed by atoms with van der Waals surface area (Å²) in [4.78, 5) is 23.9. The first-order valence-electron chi connectivity index (χ1n) is 7.03. The van der Waals surface area contributed by atoms with Crippen molar-refractivity contribution in [2.24, 2.45) is 11.8 Å². The van der Waals surface area contributed by atoms with Crippen molar-refractivity contribution in [1.29, 1.82) is 0 Å². The molecule has 1 rings (SSSR count). The maximum atomic E-state index is 12.1. The number of amides is 1. The summed E-state index contributed by atoms with van der Waals surface area (Å²) in [6.45, 7) is 4.12. The first kappa shape index (κ1) is 18.6. The number of halogens is 3. The van der Waals surface area contributed by atoms with E-state index in [9.17, 15) is 9.59 Å². The summed E-state index contributed by atoms with van der Waals surface area (Å²) in [7, 11) is 0. The Hall–Kier alpha value is -0.450. The Labute approximate surface area is 140 Å². The highest BCUT2D eigenvalue weighted by atomic mass is 35.6. The van der Waals surface area contributed by atoms with Gasteiger partial charge in [0.2, 0.25) is 0 Å². The van der Waals surface area contributed by atoms with Crippen LogP contribution < -0.4 is 5.32 Å². The Kier molecular flexibility index (Phi) is 7.31. The number of allylic oxidation sites excluding steroid dienone is 1. The molecule has 0 saturated heterocycles. The number of unbranched alkanes of at least 4 members (excludes halogenated alkanes) is 1. The molecule has 0 heterocycles. The second-order valence-corrected chi connectivity index (χ2v) is 7.25. The average molecular weight is 357 g/mol. The Morgan fingerprint density at radius 2 is 1.90 bits per heavy atom. The molecule has 0 aliphatic heterocycles. The standard InChI is InChI=1S/C14H20Cl3NO3/c1-3-5-6-9-7-8-10(11(9)12(19)21-4-2)18-13(20)14(15,16)17/h7-11H,3-6H2,1-2H3,(H,18,20)/t9-,10+,11+/m1/s1. The largest absolute Gasteiger partial charge is 0.466 e. The zero-order valence-electron chi connectivity index (χ0n) is 12.1. The zero-order valence-corrected chi connectivity index (χ0v) is 14.3. The smallest absolute Gasteiger partial charge is 0.311 e. The highest BCUT2D eigenvalue weighted by Gasteiger charge is 2.41. The first-order valence-corrected chi connectivity index (χ1v) is 8.17. The molecule has 0 fully saturated rings. The monoisotopic (exact) mass is 355 g/mol. The third kappa shape index (κ3) is 5.35. The van der Waals surface area contributed by atoms with Gasteiger partial charge >= 0.3 is 5.97 Å². The van der Waals surface area contributed by atoms with Crippen LogP contribution in [0, 0.1) is 11.8 Å². The molecule has 0 aromatic heterocycles. The van der Waals surface area contributed by atoms with Crippen molar-refractivity contribution in [3.05, 3.63) is 12.2 Å². The number of nitrogens with one attached hydrogen (secondary N) is 1. The number of ether oxygens (including phenoxy) is 1. The van der Waals surface area contributed by atoms with Gasteiger partial charge in [0.1, 0.15) is 0 Å². The van der Waals surface area contributed by atoms with Gasteiger partial charge in [0.25, 0.3) is 9.70 Å². The van der Waals surface area contributed by atoms with Crippen LogP contribution in [0.5, 0.6) is 0 Å². The lowest BCUT2D eigenvalue weighted by molar-refractivity contribution is -0.150. The van der Waals surface area contributed by atoms with Gasteiger partial charge in [-0.1, -0.05) is 66.7 Å². The second kappa shape index (κ2) is 8.25. The average Bonchev–Trinajstić information content (AvgIpc) is 2.78. The number of carbonyl (C=O) groups is 2. The van der Waals surface area contributed by atoms with Crippen molar-refractivity contribution in [1.82, 2.24) is 5.32 Å². The molecule has 120 valence electrons. The van der Waals surface area contributed by atoms with E-state index in [0.717, 1.165) is 19.3 Å². The highest BCUT2D eigenvalue weighted by molar-refractivity contribution is 6.76. The third-order valence-electron chi connectivity index (χ3n) is 3.42. The molecule has 0 radical (unpaired) electrons. The summed E-state index contributed by atoms with van der Waals surface area (Å²) >= 11 is 16.6. The van der Waals surface area contributed by atoms with Gasteiger partial charge in [0.05, 0.1) is 18.6 Å². The minimum Gasteiger partial charge on any atom is -0.466 e. The van der Waals surface area contributed by atoms with E-state index in [4.69, 9.17) is 39.5 Å². The number of hydrogen-bond acceptors (Lipinski definition) is 3. The molecule has 1 N–H and O–H groups in total. The Balaban J connectivity index is 2.79. The predicted molar refractivity (Wildman–Crippen MR) is 84.5 cm³/mol. The summed E-state index contributed by atoms with van der Waals surface area (Å²) in [5, 5.41) is 2.59. The van der Waals surface area contributed by atoms with E-state index in [0.29, 0.717) is 6.61 Å². The van der Waals surface area contributed by atoms with Crippen LogP contribution in [0.4, 0.5) is 0 Å². The molecule has 0 unspecified atom stereocenters. The van der Waals surface area contributed by atoms with Gasteiger partial charge in [-0.25, -0.2) is 0 Å². The van der Waals surface area contributed by atoms with Crippen LogP contribution in [0.2, 0.25) is 0 Å². The maximum absolute atomic E-state index is 12.1. The summed E-state index contributed by atoms with van der Waals surface area (Å²) in [5.41, 5.74) is 0. The normalized spacial score (nSPS) is 24.9. The molecule has 3 atom stereocenters. The highest BCUT2D eigenvalue weighted by Crippen LogP contribution is 2.33. The Bertz CT molecular complexity index is 407. The minimum atomic E-state index is -2.05. The molecule has 4 nitrogen and oxygen atoms in total. The molecule has 1 aliphatic rings. The number of carbonyl (C=O) groups excluding carboxylic acids is 2. The fourth-order valence-electron chi connectivity index (χ4n) is 2.41. The van der Waals surface area contributed by atoms with E-state index < -0.39 is 21.7 Å². The molecular formula is C14H20Cl3NO3. The lowest BCUT2D eigenvalue weighted by Crippen LogP contribution is -2.46. The van der Waals surface area contributed by atoms with Gasteiger partial charge in [-0.15, -0.1) is 0 Å². The predicted octanol–water partition coefficient (Wildman–Crippen LogP) is 3.40. The van der Waals surface area contributed by atoms with Crippen LogP contribution in [-0.4, -0.2) is 28.3 Å². The van der Waals surface area contributed by atoms with E-state index in [-0.39, 0.29) is 11.9 Å². The van der Waals surface area contributed by atoms with Crippen LogP contribution in [0.1, 0.15) is 33.1 Å². The molecular weight excluding hydrogens is 337 g/mol. The SMILES string of the molecule is CCCC[C@@H]1C=C[C@H](NC(=O)C(Cl)(Cl)Cl)[C@H]1C(=O)OCC. The van der Waals surface area contributed by atoms with Crippen molar-refractivity contribution >= 4 is 46.7 Å². The van der Waals surface area contributed by atoms with Crippen LogP contribution >= 0.6 is 34.8 Å². The second-order valence-electron chi connectivity index (χ2n) is 4.97. The van der Waals surface area contributed by atoms with Crippen molar-refractivity contribution in [3.8, 4) is 0 Å². The van der Waals surface area contributed by atoms with Crippen molar-refractivity contribution in [3.63, 3.8) is 0 Å². The van der Waals surface area contributed by atoms with Crippen molar-refractivity contribution in [2.45, 2.75) is 42.9 Å². The van der Waals surface area contributed by atoms with E-state index in [2.05, 4.69) is 12.2 Å². The number of esters is 1. The molecule has 0 spiro atoms. The van der Waals surface area contributed by atoms with Gasteiger partial charge < -0.3 is 10.1 Å². The van der Waals surface area contributed by atoms with Gasteiger partial charge in [0.15, 0.2) is 0 Å². The Morgan fingerprint density at radius 3 is 2.43 bits per heavy atom. The van der Waals surface area contributed by atoms with E-state index in [1.165, 1.54) is 0 Å².